The van der Waals surface area contributed by atoms with Gasteiger partial charge in [-0.3, -0.25) is 4.79 Å². The maximum absolute atomic E-state index is 13.7. The van der Waals surface area contributed by atoms with Gasteiger partial charge in [-0.1, -0.05) is 24.3 Å². The van der Waals surface area contributed by atoms with E-state index >= 15 is 0 Å². The zero-order valence-corrected chi connectivity index (χ0v) is 18.5. The van der Waals surface area contributed by atoms with E-state index in [1.54, 1.807) is 9.80 Å². The van der Waals surface area contributed by atoms with Gasteiger partial charge >= 0.3 is 6.09 Å². The molecule has 0 aromatic heterocycles. The molecule has 8 heteroatoms. The quantitative estimate of drug-likeness (QED) is 0.694. The van der Waals surface area contributed by atoms with Crippen LogP contribution in [0.4, 0.5) is 4.79 Å². The highest BCUT2D eigenvalue weighted by molar-refractivity contribution is 5.84. The molecule has 172 valence electrons. The lowest BCUT2D eigenvalue weighted by molar-refractivity contribution is -0.144. The lowest BCUT2D eigenvalue weighted by Crippen LogP contribution is -2.50. The van der Waals surface area contributed by atoms with Crippen molar-refractivity contribution in [2.75, 3.05) is 45.9 Å². The maximum Gasteiger partial charge on any atom is 0.410 e. The summed E-state index contributed by atoms with van der Waals surface area (Å²) in [5, 5.41) is 12.4. The van der Waals surface area contributed by atoms with Gasteiger partial charge in [0.2, 0.25) is 0 Å². The summed E-state index contributed by atoms with van der Waals surface area (Å²) in [6, 6.07) is 10.5. The SMILES string of the molecule is N#CCCN(C(=O)C(CC1Cc2ccccc2C1)OC(=O)N1CCOCC1)C1CCNC1. The van der Waals surface area contributed by atoms with Gasteiger partial charge in [0.25, 0.3) is 5.91 Å². The molecule has 8 nitrogen and oxygen atoms in total. The largest absolute Gasteiger partial charge is 0.436 e. The van der Waals surface area contributed by atoms with E-state index in [4.69, 9.17) is 14.7 Å². The van der Waals surface area contributed by atoms with Crippen molar-refractivity contribution in [3.05, 3.63) is 35.4 Å². The molecule has 2 fully saturated rings. The molecule has 1 aliphatic carbocycles. The molecule has 0 saturated carbocycles. The van der Waals surface area contributed by atoms with E-state index in [9.17, 15) is 9.59 Å². The lowest BCUT2D eigenvalue weighted by Gasteiger charge is -2.33. The molecule has 2 aliphatic heterocycles. The number of hydrogen-bond acceptors (Lipinski definition) is 6. The normalized spacial score (nSPS) is 21.6. The first-order chi connectivity index (χ1) is 15.7. The van der Waals surface area contributed by atoms with Crippen LogP contribution in [0, 0.1) is 17.2 Å². The smallest absolute Gasteiger partial charge is 0.410 e. The average Bonchev–Trinajstić information content (AvgIpc) is 3.49. The second kappa shape index (κ2) is 10.8. The van der Waals surface area contributed by atoms with Crippen molar-refractivity contribution in [1.29, 1.82) is 5.26 Å². The third kappa shape index (κ3) is 5.40. The first-order valence-corrected chi connectivity index (χ1v) is 11.6. The van der Waals surface area contributed by atoms with E-state index in [0.717, 1.165) is 25.8 Å². The summed E-state index contributed by atoms with van der Waals surface area (Å²) < 4.78 is 11.2. The van der Waals surface area contributed by atoms with Gasteiger partial charge in [-0.2, -0.15) is 5.26 Å². The molecular formula is C24H32N4O4. The van der Waals surface area contributed by atoms with E-state index in [2.05, 4.69) is 23.5 Å². The second-order valence-corrected chi connectivity index (χ2v) is 8.84. The minimum atomic E-state index is -0.844. The van der Waals surface area contributed by atoms with Crippen LogP contribution in [-0.4, -0.2) is 79.9 Å². The van der Waals surface area contributed by atoms with Gasteiger partial charge in [0.15, 0.2) is 6.10 Å². The molecule has 4 rings (SSSR count). The fraction of sp³-hybridized carbons (Fsp3) is 0.625. The summed E-state index contributed by atoms with van der Waals surface area (Å²) >= 11 is 0. The van der Waals surface area contributed by atoms with Crippen LogP contribution in [0.25, 0.3) is 0 Å². The number of nitrogens with zero attached hydrogens (tertiary/aromatic N) is 3. The number of nitriles is 1. The molecule has 2 amide bonds. The summed E-state index contributed by atoms with van der Waals surface area (Å²) in [5.74, 6) is 0.0740. The van der Waals surface area contributed by atoms with Gasteiger partial charge in [-0.25, -0.2) is 4.79 Å². The van der Waals surface area contributed by atoms with Crippen LogP contribution in [0.5, 0.6) is 0 Å². The number of carbonyl (C=O) groups excluding carboxylic acids is 2. The Hall–Kier alpha value is -2.63. The zero-order valence-electron chi connectivity index (χ0n) is 18.5. The minimum absolute atomic E-state index is 0.0289. The Kier molecular flexibility index (Phi) is 7.61. The van der Waals surface area contributed by atoms with Crippen molar-refractivity contribution >= 4 is 12.0 Å². The number of hydrogen-bond donors (Lipinski definition) is 1. The van der Waals surface area contributed by atoms with E-state index in [-0.39, 0.29) is 24.3 Å². The lowest BCUT2D eigenvalue weighted by atomic mass is 9.97. The number of ether oxygens (including phenoxy) is 2. The van der Waals surface area contributed by atoms with Crippen molar-refractivity contribution in [1.82, 2.24) is 15.1 Å². The number of fused-ring (bicyclic) bond motifs is 1. The zero-order chi connectivity index (χ0) is 22.3. The molecule has 32 heavy (non-hydrogen) atoms. The van der Waals surface area contributed by atoms with Crippen molar-refractivity contribution in [3.63, 3.8) is 0 Å². The van der Waals surface area contributed by atoms with Gasteiger partial charge < -0.3 is 24.6 Å². The Balaban J connectivity index is 1.49. The fourth-order valence-corrected chi connectivity index (χ4v) is 4.99. The number of nitrogens with one attached hydrogen (secondary N) is 1. The summed E-state index contributed by atoms with van der Waals surface area (Å²) in [6.07, 6.45) is 2.08. The topological polar surface area (TPSA) is 94.9 Å². The van der Waals surface area contributed by atoms with E-state index in [1.807, 2.05) is 12.1 Å². The van der Waals surface area contributed by atoms with Crippen LogP contribution in [0.3, 0.4) is 0 Å². The average molecular weight is 441 g/mol. The van der Waals surface area contributed by atoms with Crippen LogP contribution < -0.4 is 5.32 Å². The van der Waals surface area contributed by atoms with Crippen LogP contribution >= 0.6 is 0 Å². The fourth-order valence-electron chi connectivity index (χ4n) is 4.99. The predicted molar refractivity (Wildman–Crippen MR) is 118 cm³/mol. The van der Waals surface area contributed by atoms with E-state index in [0.29, 0.717) is 45.8 Å². The molecule has 1 aromatic rings. The first-order valence-electron chi connectivity index (χ1n) is 11.6. The first kappa shape index (κ1) is 22.6. The highest BCUT2D eigenvalue weighted by Crippen LogP contribution is 2.31. The summed E-state index contributed by atoms with van der Waals surface area (Å²) in [6.45, 7) is 3.81. The van der Waals surface area contributed by atoms with Crippen molar-refractivity contribution < 1.29 is 19.1 Å². The van der Waals surface area contributed by atoms with Gasteiger partial charge in [-0.15, -0.1) is 0 Å². The highest BCUT2D eigenvalue weighted by atomic mass is 16.6. The van der Waals surface area contributed by atoms with Crippen molar-refractivity contribution in [3.8, 4) is 6.07 Å². The Morgan fingerprint density at radius 1 is 1.25 bits per heavy atom. The molecule has 1 aromatic carbocycles. The summed E-state index contributed by atoms with van der Waals surface area (Å²) in [5.41, 5.74) is 2.62. The minimum Gasteiger partial charge on any atom is -0.436 e. The number of carbonyl (C=O) groups is 2. The van der Waals surface area contributed by atoms with E-state index in [1.165, 1.54) is 11.1 Å². The number of benzene rings is 1. The monoisotopic (exact) mass is 440 g/mol. The van der Waals surface area contributed by atoms with Gasteiger partial charge in [0, 0.05) is 32.2 Å². The van der Waals surface area contributed by atoms with Crippen molar-refractivity contribution in [2.24, 2.45) is 5.92 Å². The van der Waals surface area contributed by atoms with Crippen LogP contribution in [0.2, 0.25) is 0 Å². The van der Waals surface area contributed by atoms with E-state index < -0.39 is 12.2 Å². The Morgan fingerprint density at radius 2 is 1.97 bits per heavy atom. The van der Waals surface area contributed by atoms with Crippen LogP contribution in [0.15, 0.2) is 24.3 Å². The molecule has 1 N–H and O–H groups in total. The molecule has 3 aliphatic rings. The molecule has 2 atom stereocenters. The molecule has 0 bridgehead atoms. The highest BCUT2D eigenvalue weighted by Gasteiger charge is 2.37. The van der Waals surface area contributed by atoms with Crippen molar-refractivity contribution in [2.45, 2.75) is 44.2 Å². The Bertz CT molecular complexity index is 818. The standard InChI is InChI=1S/C24H32N4O4/c25-7-3-9-28(21-6-8-26-17-21)23(29)22(32-24(30)27-10-12-31-13-11-27)16-18-14-19-4-1-2-5-20(19)15-18/h1-2,4-5,18,21-22,26H,3,6,8-17H2. The molecule has 2 unspecified atom stereocenters. The molecular weight excluding hydrogens is 408 g/mol. The number of amides is 2. The van der Waals surface area contributed by atoms with Crippen LogP contribution in [-0.2, 0) is 27.1 Å². The Morgan fingerprint density at radius 3 is 2.59 bits per heavy atom. The molecule has 0 spiro atoms. The van der Waals surface area contributed by atoms with Gasteiger partial charge in [0.1, 0.15) is 0 Å². The number of rotatable bonds is 7. The molecule has 2 saturated heterocycles. The summed E-state index contributed by atoms with van der Waals surface area (Å²) in [4.78, 5) is 29.9. The number of morpholine rings is 1. The summed E-state index contributed by atoms with van der Waals surface area (Å²) in [7, 11) is 0. The van der Waals surface area contributed by atoms with Gasteiger partial charge in [0.05, 0.1) is 25.7 Å². The third-order valence-electron chi connectivity index (χ3n) is 6.69. The third-order valence-corrected chi connectivity index (χ3v) is 6.69. The second-order valence-electron chi connectivity index (χ2n) is 8.84. The van der Waals surface area contributed by atoms with Crippen LogP contribution in [0.1, 0.15) is 30.4 Å². The Labute approximate surface area is 189 Å². The molecule has 0 radical (unpaired) electrons. The molecule has 2 heterocycles. The van der Waals surface area contributed by atoms with Gasteiger partial charge in [-0.05, 0) is 49.3 Å². The predicted octanol–water partition coefficient (Wildman–Crippen LogP) is 1.73. The maximum atomic E-state index is 13.7.